The van der Waals surface area contributed by atoms with Gasteiger partial charge in [0.2, 0.25) is 0 Å². The Balaban J connectivity index is 1.97. The Kier molecular flexibility index (Phi) is 5.87. The van der Waals surface area contributed by atoms with Gasteiger partial charge in [-0.25, -0.2) is 4.79 Å². The number of hydrogen-bond acceptors (Lipinski definition) is 2. The Labute approximate surface area is 134 Å². The van der Waals surface area contributed by atoms with E-state index in [4.69, 9.17) is 4.74 Å². The first-order chi connectivity index (χ1) is 10.5. The molecule has 1 fully saturated rings. The third kappa shape index (κ3) is 4.25. The van der Waals surface area contributed by atoms with Gasteiger partial charge in [0, 0.05) is 18.0 Å². The zero-order valence-corrected chi connectivity index (χ0v) is 14.3. The van der Waals surface area contributed by atoms with Crippen LogP contribution in [0.3, 0.4) is 0 Å². The standard InChI is InChI=1S/C19H29NO2/c1-14(2)20(15(3)4)19(21)22-18-12-8-11-17(18)13-16-9-6-5-7-10-16/h5-7,9-10,14-15,17-18H,8,11-13H2,1-4H3/t17-,18+/m0/s1. The topological polar surface area (TPSA) is 29.5 Å². The number of carbonyl (C=O) groups is 1. The number of amides is 1. The maximum atomic E-state index is 12.5. The highest BCUT2D eigenvalue weighted by molar-refractivity contribution is 5.68. The number of carbonyl (C=O) groups excluding carboxylic acids is 1. The minimum atomic E-state index is -0.157. The second kappa shape index (κ2) is 7.66. The van der Waals surface area contributed by atoms with Crippen LogP contribution in [0.25, 0.3) is 0 Å². The molecule has 0 bridgehead atoms. The highest BCUT2D eigenvalue weighted by Crippen LogP contribution is 2.32. The van der Waals surface area contributed by atoms with Crippen LogP contribution in [0, 0.1) is 5.92 Å². The quantitative estimate of drug-likeness (QED) is 0.792. The second-order valence-corrected chi connectivity index (χ2v) is 6.90. The summed E-state index contributed by atoms with van der Waals surface area (Å²) in [5, 5.41) is 0. The molecule has 1 aliphatic carbocycles. The van der Waals surface area contributed by atoms with Crippen LogP contribution in [-0.4, -0.2) is 29.2 Å². The highest BCUT2D eigenvalue weighted by Gasteiger charge is 2.33. The monoisotopic (exact) mass is 303 g/mol. The van der Waals surface area contributed by atoms with E-state index in [9.17, 15) is 4.79 Å². The summed E-state index contributed by atoms with van der Waals surface area (Å²) in [4.78, 5) is 14.3. The Bertz CT molecular complexity index is 462. The summed E-state index contributed by atoms with van der Waals surface area (Å²) in [5.41, 5.74) is 1.33. The van der Waals surface area contributed by atoms with Gasteiger partial charge in [-0.15, -0.1) is 0 Å². The maximum Gasteiger partial charge on any atom is 0.410 e. The normalized spacial score (nSPS) is 21.4. The largest absolute Gasteiger partial charge is 0.446 e. The van der Waals surface area contributed by atoms with Crippen LogP contribution in [0.15, 0.2) is 30.3 Å². The molecule has 0 unspecified atom stereocenters. The molecule has 0 aromatic heterocycles. The molecule has 1 aliphatic rings. The lowest BCUT2D eigenvalue weighted by molar-refractivity contribution is 0.0309. The number of ether oxygens (including phenoxy) is 1. The number of hydrogen-bond donors (Lipinski definition) is 0. The predicted octanol–water partition coefficient (Wildman–Crippen LogP) is 4.65. The van der Waals surface area contributed by atoms with Crippen LogP contribution in [0.1, 0.15) is 52.5 Å². The fourth-order valence-corrected chi connectivity index (χ4v) is 3.52. The predicted molar refractivity (Wildman–Crippen MR) is 89.9 cm³/mol. The molecule has 0 spiro atoms. The molecule has 2 rings (SSSR count). The van der Waals surface area contributed by atoms with Crippen molar-refractivity contribution in [2.24, 2.45) is 5.92 Å². The van der Waals surface area contributed by atoms with Gasteiger partial charge in [0.1, 0.15) is 6.10 Å². The maximum absolute atomic E-state index is 12.5. The molecule has 1 aromatic carbocycles. The molecule has 3 nitrogen and oxygen atoms in total. The van der Waals surface area contributed by atoms with E-state index in [1.54, 1.807) is 0 Å². The summed E-state index contributed by atoms with van der Waals surface area (Å²) in [6.07, 6.45) is 4.20. The van der Waals surface area contributed by atoms with Gasteiger partial charge < -0.3 is 9.64 Å². The lowest BCUT2D eigenvalue weighted by Crippen LogP contribution is -2.44. The summed E-state index contributed by atoms with van der Waals surface area (Å²) in [7, 11) is 0. The van der Waals surface area contributed by atoms with Gasteiger partial charge in [-0.3, -0.25) is 0 Å². The van der Waals surface area contributed by atoms with Crippen molar-refractivity contribution in [1.82, 2.24) is 4.90 Å². The van der Waals surface area contributed by atoms with Gasteiger partial charge in [0.25, 0.3) is 0 Å². The van der Waals surface area contributed by atoms with Gasteiger partial charge >= 0.3 is 6.09 Å². The summed E-state index contributed by atoms with van der Waals surface area (Å²) in [6.45, 7) is 8.16. The SMILES string of the molecule is CC(C)N(C(=O)O[C@@H]1CCC[C@H]1Cc1ccccc1)C(C)C. The summed E-state index contributed by atoms with van der Waals surface area (Å²) >= 11 is 0. The minimum absolute atomic E-state index is 0.0627. The Morgan fingerprint density at radius 1 is 1.14 bits per heavy atom. The molecule has 2 atom stereocenters. The van der Waals surface area contributed by atoms with Crippen molar-refractivity contribution in [3.8, 4) is 0 Å². The Morgan fingerprint density at radius 2 is 1.77 bits per heavy atom. The van der Waals surface area contributed by atoms with Crippen molar-refractivity contribution in [3.63, 3.8) is 0 Å². The fraction of sp³-hybridized carbons (Fsp3) is 0.632. The summed E-state index contributed by atoms with van der Waals surface area (Å²) in [5.74, 6) is 0.451. The lowest BCUT2D eigenvalue weighted by Gasteiger charge is -2.32. The van der Waals surface area contributed by atoms with Crippen LogP contribution in [0.2, 0.25) is 0 Å². The molecule has 0 radical (unpaired) electrons. The molecule has 0 saturated heterocycles. The summed E-state index contributed by atoms with van der Waals surface area (Å²) < 4.78 is 5.87. The van der Waals surface area contributed by atoms with Gasteiger partial charge in [-0.2, -0.15) is 0 Å². The van der Waals surface area contributed by atoms with Gasteiger partial charge in [0.15, 0.2) is 0 Å². The van der Waals surface area contributed by atoms with Crippen molar-refractivity contribution in [3.05, 3.63) is 35.9 Å². The van der Waals surface area contributed by atoms with E-state index >= 15 is 0 Å². The molecule has 122 valence electrons. The molecule has 1 amide bonds. The van der Waals surface area contributed by atoms with Crippen LogP contribution in [-0.2, 0) is 11.2 Å². The van der Waals surface area contributed by atoms with E-state index < -0.39 is 0 Å². The minimum Gasteiger partial charge on any atom is -0.446 e. The average molecular weight is 303 g/mol. The van der Waals surface area contributed by atoms with E-state index in [-0.39, 0.29) is 24.3 Å². The van der Waals surface area contributed by atoms with Crippen molar-refractivity contribution < 1.29 is 9.53 Å². The first kappa shape index (κ1) is 16.9. The van der Waals surface area contributed by atoms with Crippen molar-refractivity contribution in [2.75, 3.05) is 0 Å². The molecule has 1 aromatic rings. The van der Waals surface area contributed by atoms with E-state index in [0.29, 0.717) is 5.92 Å². The third-order valence-corrected chi connectivity index (χ3v) is 4.51. The Hall–Kier alpha value is -1.51. The van der Waals surface area contributed by atoms with Gasteiger partial charge in [0.05, 0.1) is 0 Å². The molecule has 1 saturated carbocycles. The lowest BCUT2D eigenvalue weighted by atomic mass is 9.96. The second-order valence-electron chi connectivity index (χ2n) is 6.90. The zero-order valence-electron chi connectivity index (χ0n) is 14.3. The fourth-order valence-electron chi connectivity index (χ4n) is 3.52. The first-order valence-electron chi connectivity index (χ1n) is 8.52. The first-order valence-corrected chi connectivity index (χ1v) is 8.52. The Morgan fingerprint density at radius 3 is 2.36 bits per heavy atom. The van der Waals surface area contributed by atoms with Crippen molar-refractivity contribution in [2.45, 2.75) is 71.6 Å². The van der Waals surface area contributed by atoms with Crippen LogP contribution >= 0.6 is 0 Å². The van der Waals surface area contributed by atoms with Crippen LogP contribution in [0.5, 0.6) is 0 Å². The molecular weight excluding hydrogens is 274 g/mol. The number of rotatable bonds is 5. The van der Waals surface area contributed by atoms with Crippen molar-refractivity contribution >= 4 is 6.09 Å². The third-order valence-electron chi connectivity index (χ3n) is 4.51. The van der Waals surface area contributed by atoms with Gasteiger partial charge in [-0.05, 0) is 58.9 Å². The average Bonchev–Trinajstić information content (AvgIpc) is 2.86. The smallest absolute Gasteiger partial charge is 0.410 e. The van der Waals surface area contributed by atoms with E-state index in [1.165, 1.54) is 5.56 Å². The molecular formula is C19H29NO2. The molecule has 0 heterocycles. The number of benzene rings is 1. The van der Waals surface area contributed by atoms with Crippen LogP contribution in [0.4, 0.5) is 4.79 Å². The van der Waals surface area contributed by atoms with E-state index in [1.807, 2.05) is 38.7 Å². The molecule has 22 heavy (non-hydrogen) atoms. The molecule has 0 N–H and O–H groups in total. The van der Waals surface area contributed by atoms with Crippen LogP contribution < -0.4 is 0 Å². The summed E-state index contributed by atoms with van der Waals surface area (Å²) in [6, 6.07) is 10.8. The van der Waals surface area contributed by atoms with E-state index in [0.717, 1.165) is 25.7 Å². The molecule has 3 heteroatoms. The van der Waals surface area contributed by atoms with E-state index in [2.05, 4.69) is 24.3 Å². The zero-order chi connectivity index (χ0) is 16.1. The number of nitrogens with zero attached hydrogens (tertiary/aromatic N) is 1. The van der Waals surface area contributed by atoms with Crippen molar-refractivity contribution in [1.29, 1.82) is 0 Å². The van der Waals surface area contributed by atoms with Gasteiger partial charge in [-0.1, -0.05) is 30.3 Å². The highest BCUT2D eigenvalue weighted by atomic mass is 16.6. The molecule has 0 aliphatic heterocycles.